The fraction of sp³-hybridized carbons (Fsp3) is 0.286. The lowest BCUT2D eigenvalue weighted by atomic mass is 10.3. The summed E-state index contributed by atoms with van der Waals surface area (Å²) in [7, 11) is -3.54. The summed E-state index contributed by atoms with van der Waals surface area (Å²) in [6.45, 7) is 2.84. The van der Waals surface area contributed by atoms with Crippen LogP contribution in [-0.4, -0.2) is 15.0 Å². The van der Waals surface area contributed by atoms with Crippen molar-refractivity contribution in [2.45, 2.75) is 24.8 Å². The molecule has 1 aromatic heterocycles. The number of ether oxygens (including phenoxy) is 1. The highest BCUT2D eigenvalue weighted by molar-refractivity contribution is 9.10. The van der Waals surface area contributed by atoms with Gasteiger partial charge in [0.05, 0.1) is 16.0 Å². The van der Waals surface area contributed by atoms with Gasteiger partial charge in [0.15, 0.2) is 0 Å². The van der Waals surface area contributed by atoms with E-state index in [1.807, 2.05) is 24.4 Å². The summed E-state index contributed by atoms with van der Waals surface area (Å²) < 4.78 is 33.4. The highest BCUT2D eigenvalue weighted by Gasteiger charge is 2.16. The normalized spacial score (nSPS) is 11.5. The largest absolute Gasteiger partial charge is 0.492 e. The summed E-state index contributed by atoms with van der Waals surface area (Å²) in [5.74, 6) is 0.538. The van der Waals surface area contributed by atoms with Crippen LogP contribution >= 0.6 is 27.3 Å². The molecule has 0 atom stereocenters. The quantitative estimate of drug-likeness (QED) is 0.783. The first-order chi connectivity index (χ1) is 10.0. The molecule has 1 heterocycles. The second kappa shape index (κ2) is 7.40. The van der Waals surface area contributed by atoms with Crippen LogP contribution in [-0.2, 0) is 16.6 Å². The molecule has 2 rings (SSSR count). The Bertz CT molecular complexity index is 684. The zero-order chi connectivity index (χ0) is 15.3. The Morgan fingerprint density at radius 2 is 2.14 bits per heavy atom. The Kier molecular flexibility index (Phi) is 5.80. The fourth-order valence-electron chi connectivity index (χ4n) is 1.64. The summed E-state index contributed by atoms with van der Waals surface area (Å²) in [4.78, 5) is 1.17. The molecule has 0 saturated heterocycles. The molecule has 0 unspecified atom stereocenters. The van der Waals surface area contributed by atoms with Crippen LogP contribution in [0.3, 0.4) is 0 Å². The number of benzene rings is 1. The van der Waals surface area contributed by atoms with Crippen LogP contribution in [0.1, 0.15) is 18.2 Å². The van der Waals surface area contributed by atoms with Gasteiger partial charge in [-0.1, -0.05) is 13.0 Å². The van der Waals surface area contributed by atoms with Gasteiger partial charge in [0.1, 0.15) is 5.75 Å². The van der Waals surface area contributed by atoms with E-state index in [-0.39, 0.29) is 4.90 Å². The van der Waals surface area contributed by atoms with Crippen molar-refractivity contribution in [2.75, 3.05) is 6.61 Å². The first-order valence-electron chi connectivity index (χ1n) is 6.47. The Morgan fingerprint density at radius 3 is 2.81 bits per heavy atom. The molecule has 1 N–H and O–H groups in total. The lowest BCUT2D eigenvalue weighted by Gasteiger charge is -2.10. The molecule has 0 spiro atoms. The van der Waals surface area contributed by atoms with Crippen molar-refractivity contribution >= 4 is 37.3 Å². The topological polar surface area (TPSA) is 55.4 Å². The molecule has 21 heavy (non-hydrogen) atoms. The monoisotopic (exact) mass is 389 g/mol. The molecule has 4 nitrogen and oxygen atoms in total. The molecular weight excluding hydrogens is 374 g/mol. The molecule has 2 aromatic rings. The van der Waals surface area contributed by atoms with Gasteiger partial charge in [-0.05, 0) is 45.9 Å². The maximum atomic E-state index is 12.3. The third-order valence-corrected chi connectivity index (χ3v) is 5.62. The van der Waals surface area contributed by atoms with E-state index in [0.29, 0.717) is 18.9 Å². The van der Waals surface area contributed by atoms with Crippen LogP contribution in [0.25, 0.3) is 0 Å². The maximum Gasteiger partial charge on any atom is 0.241 e. The van der Waals surface area contributed by atoms with Gasteiger partial charge in [0.25, 0.3) is 0 Å². The first-order valence-corrected chi connectivity index (χ1v) is 9.63. The van der Waals surface area contributed by atoms with Gasteiger partial charge in [0, 0.05) is 17.5 Å². The molecule has 0 radical (unpaired) electrons. The second-order valence-corrected chi connectivity index (χ2v) is 8.00. The van der Waals surface area contributed by atoms with Crippen LogP contribution in [0.5, 0.6) is 5.75 Å². The van der Waals surface area contributed by atoms with Crippen LogP contribution in [0.4, 0.5) is 0 Å². The third kappa shape index (κ3) is 4.54. The predicted octanol–water partition coefficient (Wildman–Crippen LogP) is 3.78. The van der Waals surface area contributed by atoms with Crippen molar-refractivity contribution in [1.82, 2.24) is 4.72 Å². The van der Waals surface area contributed by atoms with Gasteiger partial charge < -0.3 is 4.74 Å². The van der Waals surface area contributed by atoms with Crippen LogP contribution in [0.2, 0.25) is 0 Å². The summed E-state index contributed by atoms with van der Waals surface area (Å²) in [5.41, 5.74) is 0. The highest BCUT2D eigenvalue weighted by atomic mass is 79.9. The average molecular weight is 390 g/mol. The van der Waals surface area contributed by atoms with E-state index in [9.17, 15) is 8.42 Å². The molecule has 0 bridgehead atoms. The predicted molar refractivity (Wildman–Crippen MR) is 88.3 cm³/mol. The number of hydrogen-bond acceptors (Lipinski definition) is 4. The van der Waals surface area contributed by atoms with Crippen molar-refractivity contribution < 1.29 is 13.2 Å². The first kappa shape index (κ1) is 16.5. The Labute approximate surface area is 137 Å². The standard InChI is InChI=1S/C14H16BrNO3S2/c1-2-7-19-14-9-12(5-6-13(14)15)21(17,18)16-10-11-4-3-8-20-11/h3-6,8-9,16H,2,7,10H2,1H3. The lowest BCUT2D eigenvalue weighted by molar-refractivity contribution is 0.314. The van der Waals surface area contributed by atoms with Crippen LogP contribution in [0.15, 0.2) is 45.1 Å². The molecule has 0 aliphatic carbocycles. The molecule has 7 heteroatoms. The number of hydrogen-bond donors (Lipinski definition) is 1. The van der Waals surface area contributed by atoms with Gasteiger partial charge in [-0.3, -0.25) is 0 Å². The summed E-state index contributed by atoms with van der Waals surface area (Å²) in [6.07, 6.45) is 0.861. The zero-order valence-electron chi connectivity index (χ0n) is 11.5. The van der Waals surface area contributed by atoms with E-state index in [2.05, 4.69) is 20.7 Å². The zero-order valence-corrected chi connectivity index (χ0v) is 14.7. The van der Waals surface area contributed by atoms with Crippen molar-refractivity contribution in [1.29, 1.82) is 0 Å². The Hall–Kier alpha value is -0.890. The van der Waals surface area contributed by atoms with Crippen molar-refractivity contribution in [3.8, 4) is 5.75 Å². The average Bonchev–Trinajstić information content (AvgIpc) is 2.97. The Balaban J connectivity index is 2.15. The van der Waals surface area contributed by atoms with E-state index < -0.39 is 10.0 Å². The van der Waals surface area contributed by atoms with E-state index in [4.69, 9.17) is 4.74 Å². The Morgan fingerprint density at radius 1 is 1.33 bits per heavy atom. The van der Waals surface area contributed by atoms with Gasteiger partial charge in [-0.25, -0.2) is 13.1 Å². The SMILES string of the molecule is CCCOc1cc(S(=O)(=O)NCc2cccs2)ccc1Br. The lowest BCUT2D eigenvalue weighted by Crippen LogP contribution is -2.22. The molecule has 0 fully saturated rings. The minimum absolute atomic E-state index is 0.202. The maximum absolute atomic E-state index is 12.3. The number of thiophene rings is 1. The molecule has 0 saturated carbocycles. The highest BCUT2D eigenvalue weighted by Crippen LogP contribution is 2.28. The van der Waals surface area contributed by atoms with Gasteiger partial charge in [-0.15, -0.1) is 11.3 Å². The van der Waals surface area contributed by atoms with E-state index in [1.165, 1.54) is 17.4 Å². The molecule has 0 amide bonds. The van der Waals surface area contributed by atoms with E-state index >= 15 is 0 Å². The minimum atomic E-state index is -3.54. The van der Waals surface area contributed by atoms with Gasteiger partial charge >= 0.3 is 0 Å². The van der Waals surface area contributed by atoms with Crippen LogP contribution in [0, 0.1) is 0 Å². The van der Waals surface area contributed by atoms with Crippen molar-refractivity contribution in [3.05, 3.63) is 45.1 Å². The summed E-state index contributed by atoms with van der Waals surface area (Å²) in [6, 6.07) is 8.57. The molecule has 1 aromatic carbocycles. The molecular formula is C14H16BrNO3S2. The van der Waals surface area contributed by atoms with Crippen molar-refractivity contribution in [2.24, 2.45) is 0 Å². The smallest absolute Gasteiger partial charge is 0.241 e. The number of rotatable bonds is 7. The number of sulfonamides is 1. The van der Waals surface area contributed by atoms with Gasteiger partial charge in [-0.2, -0.15) is 0 Å². The molecule has 0 aliphatic heterocycles. The second-order valence-electron chi connectivity index (χ2n) is 4.34. The van der Waals surface area contributed by atoms with E-state index in [0.717, 1.165) is 15.8 Å². The number of nitrogens with one attached hydrogen (secondary N) is 1. The minimum Gasteiger partial charge on any atom is -0.492 e. The fourth-order valence-corrected chi connectivity index (χ4v) is 3.75. The third-order valence-electron chi connectivity index (χ3n) is 2.69. The summed E-state index contributed by atoms with van der Waals surface area (Å²) >= 11 is 4.88. The van der Waals surface area contributed by atoms with Crippen molar-refractivity contribution in [3.63, 3.8) is 0 Å². The van der Waals surface area contributed by atoms with Crippen LogP contribution < -0.4 is 9.46 Å². The van der Waals surface area contributed by atoms with E-state index in [1.54, 1.807) is 12.1 Å². The number of halogens is 1. The summed E-state index contributed by atoms with van der Waals surface area (Å²) in [5, 5.41) is 1.92. The van der Waals surface area contributed by atoms with Gasteiger partial charge in [0.2, 0.25) is 10.0 Å². The molecule has 0 aliphatic rings. The molecule has 114 valence electrons.